The van der Waals surface area contributed by atoms with Gasteiger partial charge in [0, 0.05) is 18.1 Å². The zero-order valence-electron chi connectivity index (χ0n) is 11.8. The Labute approximate surface area is 127 Å². The number of nitro benzene ring substituents is 1. The van der Waals surface area contributed by atoms with Crippen LogP contribution < -0.4 is 5.73 Å². The highest BCUT2D eigenvalue weighted by atomic mass is 16.6. The summed E-state index contributed by atoms with van der Waals surface area (Å²) in [4.78, 5) is 21.3. The lowest BCUT2D eigenvalue weighted by Gasteiger charge is -2.08. The van der Waals surface area contributed by atoms with Crippen LogP contribution in [0.5, 0.6) is 0 Å². The topological polar surface area (TPSA) is 106 Å². The average Bonchev–Trinajstić information content (AvgIpc) is 2.49. The fourth-order valence-corrected chi connectivity index (χ4v) is 2.19. The van der Waals surface area contributed by atoms with E-state index in [0.717, 1.165) is 11.1 Å². The van der Waals surface area contributed by atoms with Crippen LogP contribution in [-0.4, -0.2) is 22.0 Å². The van der Waals surface area contributed by atoms with Crippen molar-refractivity contribution < 1.29 is 14.8 Å². The summed E-state index contributed by atoms with van der Waals surface area (Å²) in [5, 5.41) is 19.8. The molecule has 0 saturated heterocycles. The average molecular weight is 300 g/mol. The van der Waals surface area contributed by atoms with Crippen molar-refractivity contribution >= 4 is 11.7 Å². The molecule has 0 aliphatic heterocycles. The van der Waals surface area contributed by atoms with Crippen LogP contribution in [-0.2, 0) is 17.6 Å². The highest BCUT2D eigenvalue weighted by Crippen LogP contribution is 2.21. The van der Waals surface area contributed by atoms with Crippen molar-refractivity contribution in [3.63, 3.8) is 0 Å². The largest absolute Gasteiger partial charge is 0.480 e. The summed E-state index contributed by atoms with van der Waals surface area (Å²) in [6, 6.07) is 12.9. The molecular weight excluding hydrogens is 284 g/mol. The first kappa shape index (κ1) is 15.7. The Bertz CT molecular complexity index is 683. The molecule has 0 saturated carbocycles. The predicted molar refractivity (Wildman–Crippen MR) is 81.7 cm³/mol. The van der Waals surface area contributed by atoms with Crippen molar-refractivity contribution in [2.45, 2.75) is 18.9 Å². The van der Waals surface area contributed by atoms with Gasteiger partial charge in [-0.3, -0.25) is 14.9 Å². The fraction of sp³-hybridized carbons (Fsp3) is 0.188. The number of hydrogen-bond acceptors (Lipinski definition) is 4. The van der Waals surface area contributed by atoms with E-state index in [0.29, 0.717) is 12.0 Å². The summed E-state index contributed by atoms with van der Waals surface area (Å²) in [7, 11) is 0. The number of carboxylic acid groups (broad SMARTS) is 1. The normalized spacial score (nSPS) is 11.9. The lowest BCUT2D eigenvalue weighted by molar-refractivity contribution is -0.385. The lowest BCUT2D eigenvalue weighted by Crippen LogP contribution is -2.32. The number of para-hydroxylation sites is 1. The van der Waals surface area contributed by atoms with Crippen LogP contribution in [0.3, 0.4) is 0 Å². The van der Waals surface area contributed by atoms with E-state index in [1.165, 1.54) is 6.07 Å². The number of nitrogens with two attached hydrogens (primary N) is 1. The molecule has 0 spiro atoms. The zero-order valence-corrected chi connectivity index (χ0v) is 11.8. The standard InChI is InChI=1S/C16H16N2O4/c17-14(16(19)20)10-12-7-5-11(6-8-12)9-13-3-1-2-4-15(13)18(21)22/h1-8,14H,9-10,17H2,(H,19,20)/t14-/m1/s1. The summed E-state index contributed by atoms with van der Waals surface area (Å²) >= 11 is 0. The van der Waals surface area contributed by atoms with E-state index in [1.807, 2.05) is 12.1 Å². The smallest absolute Gasteiger partial charge is 0.320 e. The van der Waals surface area contributed by atoms with Crippen LogP contribution in [0, 0.1) is 10.1 Å². The third kappa shape index (κ3) is 3.89. The summed E-state index contributed by atoms with van der Waals surface area (Å²) in [5.41, 5.74) is 7.97. The van der Waals surface area contributed by atoms with Gasteiger partial charge in [0.15, 0.2) is 0 Å². The second kappa shape index (κ2) is 6.82. The molecule has 0 bridgehead atoms. The summed E-state index contributed by atoms with van der Waals surface area (Å²) in [5.74, 6) is -1.04. The molecule has 114 valence electrons. The molecule has 2 rings (SSSR count). The van der Waals surface area contributed by atoms with Gasteiger partial charge in [-0.25, -0.2) is 0 Å². The maximum atomic E-state index is 11.0. The summed E-state index contributed by atoms with van der Waals surface area (Å²) < 4.78 is 0. The monoisotopic (exact) mass is 300 g/mol. The minimum atomic E-state index is -1.04. The number of nitrogens with zero attached hydrogens (tertiary/aromatic N) is 1. The Morgan fingerprint density at radius 2 is 1.73 bits per heavy atom. The van der Waals surface area contributed by atoms with Crippen molar-refractivity contribution in [3.8, 4) is 0 Å². The van der Waals surface area contributed by atoms with Crippen molar-refractivity contribution in [1.29, 1.82) is 0 Å². The first-order valence-electron chi connectivity index (χ1n) is 6.76. The first-order chi connectivity index (χ1) is 10.5. The molecule has 2 aromatic rings. The number of hydrogen-bond donors (Lipinski definition) is 2. The Kier molecular flexibility index (Phi) is 4.85. The van der Waals surface area contributed by atoms with Crippen LogP contribution in [0.2, 0.25) is 0 Å². The zero-order chi connectivity index (χ0) is 16.1. The van der Waals surface area contributed by atoms with Gasteiger partial charge in [0.2, 0.25) is 0 Å². The number of rotatable bonds is 6. The number of carbonyl (C=O) groups is 1. The Balaban J connectivity index is 2.12. The minimum Gasteiger partial charge on any atom is -0.480 e. The van der Waals surface area contributed by atoms with Gasteiger partial charge in [-0.2, -0.15) is 0 Å². The fourth-order valence-electron chi connectivity index (χ4n) is 2.19. The van der Waals surface area contributed by atoms with Crippen LogP contribution >= 0.6 is 0 Å². The quantitative estimate of drug-likeness (QED) is 0.628. The molecule has 0 heterocycles. The maximum Gasteiger partial charge on any atom is 0.320 e. The molecule has 0 radical (unpaired) electrons. The molecular formula is C16H16N2O4. The molecule has 3 N–H and O–H groups in total. The molecule has 6 heteroatoms. The highest BCUT2D eigenvalue weighted by molar-refractivity contribution is 5.73. The number of benzene rings is 2. The summed E-state index contributed by atoms with van der Waals surface area (Å²) in [6.45, 7) is 0. The molecule has 0 aliphatic carbocycles. The van der Waals surface area contributed by atoms with Gasteiger partial charge in [0.1, 0.15) is 6.04 Å². The molecule has 0 unspecified atom stereocenters. The molecule has 22 heavy (non-hydrogen) atoms. The molecule has 0 aliphatic rings. The SMILES string of the molecule is N[C@H](Cc1ccc(Cc2ccccc2[N+](=O)[O-])cc1)C(=O)O. The van der Waals surface area contributed by atoms with Gasteiger partial charge in [0.25, 0.3) is 5.69 Å². The second-order valence-corrected chi connectivity index (χ2v) is 5.03. The van der Waals surface area contributed by atoms with E-state index >= 15 is 0 Å². The van der Waals surface area contributed by atoms with E-state index in [-0.39, 0.29) is 12.1 Å². The summed E-state index contributed by atoms with van der Waals surface area (Å²) in [6.07, 6.45) is 0.698. The number of nitro groups is 1. The third-order valence-electron chi connectivity index (χ3n) is 3.38. The first-order valence-corrected chi connectivity index (χ1v) is 6.76. The molecule has 1 atom stereocenters. The van der Waals surface area contributed by atoms with Crippen LogP contribution in [0.1, 0.15) is 16.7 Å². The lowest BCUT2D eigenvalue weighted by atomic mass is 10.00. The maximum absolute atomic E-state index is 11.0. The van der Waals surface area contributed by atoms with Crippen LogP contribution in [0.15, 0.2) is 48.5 Å². The van der Waals surface area contributed by atoms with Crippen LogP contribution in [0.25, 0.3) is 0 Å². The molecule has 0 amide bonds. The molecule has 2 aromatic carbocycles. The molecule has 6 nitrogen and oxygen atoms in total. The number of aliphatic carboxylic acids is 1. The minimum absolute atomic E-state index is 0.0967. The van der Waals surface area contributed by atoms with Gasteiger partial charge >= 0.3 is 5.97 Å². The molecule has 0 aromatic heterocycles. The Morgan fingerprint density at radius 3 is 2.32 bits per heavy atom. The van der Waals surface area contributed by atoms with Gasteiger partial charge < -0.3 is 10.8 Å². The Morgan fingerprint density at radius 1 is 1.14 bits per heavy atom. The van der Waals surface area contributed by atoms with E-state index < -0.39 is 16.9 Å². The van der Waals surface area contributed by atoms with E-state index in [2.05, 4.69) is 0 Å². The van der Waals surface area contributed by atoms with E-state index in [4.69, 9.17) is 10.8 Å². The van der Waals surface area contributed by atoms with Crippen molar-refractivity contribution in [1.82, 2.24) is 0 Å². The predicted octanol–water partition coefficient (Wildman–Crippen LogP) is 2.14. The molecule has 0 fully saturated rings. The van der Waals surface area contributed by atoms with Gasteiger partial charge in [-0.1, -0.05) is 42.5 Å². The van der Waals surface area contributed by atoms with Gasteiger partial charge in [-0.15, -0.1) is 0 Å². The van der Waals surface area contributed by atoms with E-state index in [9.17, 15) is 14.9 Å². The van der Waals surface area contributed by atoms with Crippen LogP contribution in [0.4, 0.5) is 5.69 Å². The second-order valence-electron chi connectivity index (χ2n) is 5.03. The number of carboxylic acids is 1. The van der Waals surface area contributed by atoms with Crippen molar-refractivity contribution in [2.75, 3.05) is 0 Å². The van der Waals surface area contributed by atoms with Crippen molar-refractivity contribution in [3.05, 3.63) is 75.3 Å². The van der Waals surface area contributed by atoms with Gasteiger partial charge in [-0.05, 0) is 17.5 Å². The highest BCUT2D eigenvalue weighted by Gasteiger charge is 2.14. The van der Waals surface area contributed by atoms with E-state index in [1.54, 1.807) is 30.3 Å². The Hall–Kier alpha value is -2.73. The third-order valence-corrected chi connectivity index (χ3v) is 3.38. The van der Waals surface area contributed by atoms with Gasteiger partial charge in [0.05, 0.1) is 4.92 Å². The van der Waals surface area contributed by atoms with Crippen molar-refractivity contribution in [2.24, 2.45) is 5.73 Å².